The van der Waals surface area contributed by atoms with Crippen LogP contribution < -0.4 is 4.74 Å². The Hall–Kier alpha value is -1.00. The summed E-state index contributed by atoms with van der Waals surface area (Å²) < 4.78 is 27.9. The molecule has 0 N–H and O–H groups in total. The Kier molecular flexibility index (Phi) is 3.99. The van der Waals surface area contributed by atoms with E-state index in [4.69, 9.17) is 15.4 Å². The minimum Gasteiger partial charge on any atom is -0.488 e. The van der Waals surface area contributed by atoms with Crippen molar-refractivity contribution in [1.29, 1.82) is 0 Å². The highest BCUT2D eigenvalue weighted by Crippen LogP contribution is 2.28. The molecule has 0 saturated heterocycles. The molecule has 1 aromatic rings. The lowest BCUT2D eigenvalue weighted by Crippen LogP contribution is -2.02. The monoisotopic (exact) mass is 260 g/mol. The Morgan fingerprint density at radius 3 is 2.62 bits per heavy atom. The van der Waals surface area contributed by atoms with Gasteiger partial charge in [0.2, 0.25) is 0 Å². The van der Waals surface area contributed by atoms with Crippen LogP contribution in [0.4, 0.5) is 0 Å². The van der Waals surface area contributed by atoms with Crippen LogP contribution in [0.15, 0.2) is 35.2 Å². The number of aryl methyl sites for hydroxylation is 1. The molecular weight excluding hydrogens is 248 g/mol. The third kappa shape index (κ3) is 3.54. The van der Waals surface area contributed by atoms with E-state index < -0.39 is 9.05 Å². The van der Waals surface area contributed by atoms with E-state index in [1.165, 1.54) is 6.07 Å². The van der Waals surface area contributed by atoms with Crippen molar-refractivity contribution >= 4 is 19.7 Å². The lowest BCUT2D eigenvalue weighted by Gasteiger charge is -2.09. The largest absolute Gasteiger partial charge is 0.488 e. The van der Waals surface area contributed by atoms with E-state index in [9.17, 15) is 8.42 Å². The molecule has 0 unspecified atom stereocenters. The topological polar surface area (TPSA) is 43.4 Å². The quantitative estimate of drug-likeness (QED) is 0.618. The van der Waals surface area contributed by atoms with Crippen LogP contribution >= 0.6 is 10.7 Å². The van der Waals surface area contributed by atoms with Crippen molar-refractivity contribution in [3.63, 3.8) is 0 Å². The first kappa shape index (κ1) is 13.1. The third-order valence-corrected chi connectivity index (χ3v) is 3.18. The molecule has 0 spiro atoms. The average Bonchev–Trinajstić information content (AvgIpc) is 2.14. The molecule has 0 bridgehead atoms. The highest BCUT2D eigenvalue weighted by molar-refractivity contribution is 8.13. The Morgan fingerprint density at radius 1 is 1.50 bits per heavy atom. The van der Waals surface area contributed by atoms with Gasteiger partial charge in [0.05, 0.1) is 0 Å². The maximum atomic E-state index is 11.3. The van der Waals surface area contributed by atoms with E-state index in [2.05, 4.69) is 6.58 Å². The van der Waals surface area contributed by atoms with Gasteiger partial charge in [-0.05, 0) is 37.1 Å². The summed E-state index contributed by atoms with van der Waals surface area (Å²) in [6, 6.07) is 4.84. The SMILES string of the molecule is C=C(C)COc1ccc(C)cc1S(=O)(=O)Cl. The van der Waals surface area contributed by atoms with Crippen molar-refractivity contribution in [3.8, 4) is 5.75 Å². The van der Waals surface area contributed by atoms with Gasteiger partial charge in [-0.2, -0.15) is 0 Å². The molecule has 0 saturated carbocycles. The summed E-state index contributed by atoms with van der Waals surface area (Å²) in [5.41, 5.74) is 1.61. The van der Waals surface area contributed by atoms with Crippen LogP contribution in [-0.4, -0.2) is 15.0 Å². The molecule has 88 valence electrons. The van der Waals surface area contributed by atoms with Crippen LogP contribution in [-0.2, 0) is 9.05 Å². The second kappa shape index (κ2) is 4.89. The van der Waals surface area contributed by atoms with Gasteiger partial charge in [-0.3, -0.25) is 0 Å². The van der Waals surface area contributed by atoms with Crippen molar-refractivity contribution in [1.82, 2.24) is 0 Å². The summed E-state index contributed by atoms with van der Waals surface area (Å²) >= 11 is 0. The molecule has 0 fully saturated rings. The summed E-state index contributed by atoms with van der Waals surface area (Å²) in [6.45, 7) is 7.52. The highest BCUT2D eigenvalue weighted by atomic mass is 35.7. The molecule has 0 aliphatic carbocycles. The second-order valence-electron chi connectivity index (χ2n) is 3.63. The van der Waals surface area contributed by atoms with E-state index in [-0.39, 0.29) is 17.3 Å². The zero-order valence-electron chi connectivity index (χ0n) is 9.16. The number of ether oxygens (including phenoxy) is 1. The zero-order valence-corrected chi connectivity index (χ0v) is 10.7. The molecule has 5 heteroatoms. The molecular formula is C11H13ClO3S. The summed E-state index contributed by atoms with van der Waals surface area (Å²) in [7, 11) is 1.53. The van der Waals surface area contributed by atoms with Gasteiger partial charge in [-0.25, -0.2) is 8.42 Å². The van der Waals surface area contributed by atoms with Gasteiger partial charge in [0.1, 0.15) is 17.3 Å². The summed E-state index contributed by atoms with van der Waals surface area (Å²) in [6.07, 6.45) is 0. The van der Waals surface area contributed by atoms with E-state index >= 15 is 0 Å². The van der Waals surface area contributed by atoms with Crippen molar-refractivity contribution in [2.75, 3.05) is 6.61 Å². The fourth-order valence-electron chi connectivity index (χ4n) is 1.13. The lowest BCUT2D eigenvalue weighted by atomic mass is 10.2. The lowest BCUT2D eigenvalue weighted by molar-refractivity contribution is 0.343. The Bertz CT molecular complexity index is 506. The van der Waals surface area contributed by atoms with Gasteiger partial charge in [0.25, 0.3) is 9.05 Å². The number of benzene rings is 1. The fraction of sp³-hybridized carbons (Fsp3) is 0.273. The standard InChI is InChI=1S/C11H13ClO3S/c1-8(2)7-15-10-5-4-9(3)6-11(10)16(12,13)14/h4-6H,1,7H2,2-3H3. The van der Waals surface area contributed by atoms with Gasteiger partial charge in [-0.15, -0.1) is 0 Å². The molecule has 1 aromatic carbocycles. The minimum absolute atomic E-state index is 0.00424. The van der Waals surface area contributed by atoms with E-state index in [0.29, 0.717) is 0 Å². The normalized spacial score (nSPS) is 11.2. The van der Waals surface area contributed by atoms with Crippen molar-refractivity contribution in [2.45, 2.75) is 18.7 Å². The average molecular weight is 261 g/mol. The van der Waals surface area contributed by atoms with E-state index in [1.54, 1.807) is 26.0 Å². The maximum Gasteiger partial charge on any atom is 0.264 e. The van der Waals surface area contributed by atoms with Crippen molar-refractivity contribution in [2.24, 2.45) is 0 Å². The van der Waals surface area contributed by atoms with Crippen molar-refractivity contribution in [3.05, 3.63) is 35.9 Å². The number of halogens is 1. The number of hydrogen-bond acceptors (Lipinski definition) is 3. The molecule has 0 amide bonds. The van der Waals surface area contributed by atoms with Crippen LogP contribution in [0.2, 0.25) is 0 Å². The molecule has 0 aromatic heterocycles. The first-order chi connectivity index (χ1) is 7.30. The predicted octanol–water partition coefficient (Wildman–Crippen LogP) is 2.88. The molecule has 0 aliphatic rings. The Balaban J connectivity index is 3.13. The first-order valence-corrected chi connectivity index (χ1v) is 6.94. The summed E-state index contributed by atoms with van der Waals surface area (Å²) in [4.78, 5) is -0.00424. The Morgan fingerprint density at radius 2 is 2.12 bits per heavy atom. The predicted molar refractivity (Wildman–Crippen MR) is 64.5 cm³/mol. The number of rotatable bonds is 4. The first-order valence-electron chi connectivity index (χ1n) is 4.63. The van der Waals surface area contributed by atoms with Crippen molar-refractivity contribution < 1.29 is 13.2 Å². The van der Waals surface area contributed by atoms with Crippen LogP contribution in [0.1, 0.15) is 12.5 Å². The molecule has 16 heavy (non-hydrogen) atoms. The van der Waals surface area contributed by atoms with Gasteiger partial charge in [-0.1, -0.05) is 12.6 Å². The smallest absolute Gasteiger partial charge is 0.264 e. The van der Waals surface area contributed by atoms with Crippen LogP contribution in [0.5, 0.6) is 5.75 Å². The Labute approximate surface area is 100 Å². The zero-order chi connectivity index (χ0) is 12.3. The molecule has 0 atom stereocenters. The van der Waals surface area contributed by atoms with Crippen LogP contribution in [0, 0.1) is 6.92 Å². The van der Waals surface area contributed by atoms with E-state index in [1.807, 2.05) is 0 Å². The van der Waals surface area contributed by atoms with Crippen LogP contribution in [0.3, 0.4) is 0 Å². The van der Waals surface area contributed by atoms with Gasteiger partial charge in [0, 0.05) is 10.7 Å². The minimum atomic E-state index is -3.79. The molecule has 3 nitrogen and oxygen atoms in total. The fourth-order valence-corrected chi connectivity index (χ4v) is 2.18. The molecule has 0 heterocycles. The molecule has 0 aliphatic heterocycles. The second-order valence-corrected chi connectivity index (χ2v) is 6.17. The molecule has 1 rings (SSSR count). The third-order valence-electron chi connectivity index (χ3n) is 1.84. The van der Waals surface area contributed by atoms with Gasteiger partial charge < -0.3 is 4.74 Å². The number of hydrogen-bond donors (Lipinski definition) is 0. The highest BCUT2D eigenvalue weighted by Gasteiger charge is 2.16. The van der Waals surface area contributed by atoms with Gasteiger partial charge >= 0.3 is 0 Å². The summed E-state index contributed by atoms with van der Waals surface area (Å²) in [5.74, 6) is 0.253. The maximum absolute atomic E-state index is 11.3. The summed E-state index contributed by atoms with van der Waals surface area (Å²) in [5, 5.41) is 0. The molecule has 0 radical (unpaired) electrons. The van der Waals surface area contributed by atoms with Gasteiger partial charge in [0.15, 0.2) is 0 Å². The van der Waals surface area contributed by atoms with E-state index in [0.717, 1.165) is 11.1 Å². The van der Waals surface area contributed by atoms with Crippen LogP contribution in [0.25, 0.3) is 0 Å².